The smallest absolute Gasteiger partial charge is 0.504 e. The van der Waals surface area contributed by atoms with E-state index in [2.05, 4.69) is 95.9 Å². The second-order valence-corrected chi connectivity index (χ2v) is 9.32. The lowest BCUT2D eigenvalue weighted by molar-refractivity contribution is 0.454. The molecule has 0 bridgehead atoms. The summed E-state index contributed by atoms with van der Waals surface area (Å²) in [5.41, 5.74) is 5.61. The van der Waals surface area contributed by atoms with Crippen LogP contribution in [-0.2, 0) is 0 Å². The molecule has 0 amide bonds. The van der Waals surface area contributed by atoms with Gasteiger partial charge in [0, 0.05) is 26.8 Å². The highest BCUT2D eigenvalue weighted by Crippen LogP contribution is 2.45. The van der Waals surface area contributed by atoms with Gasteiger partial charge in [-0.3, -0.25) is 0 Å². The van der Waals surface area contributed by atoms with Crippen molar-refractivity contribution in [2.24, 2.45) is 0 Å². The van der Waals surface area contributed by atoms with Crippen molar-refractivity contribution < 1.29 is 9.68 Å². The van der Waals surface area contributed by atoms with Gasteiger partial charge in [0.05, 0.1) is 10.4 Å². The van der Waals surface area contributed by atoms with E-state index < -0.39 is 0 Å². The van der Waals surface area contributed by atoms with E-state index in [0.29, 0.717) is 5.75 Å². The zero-order valence-electron chi connectivity index (χ0n) is 19.0. The number of thiophene rings is 1. The summed E-state index contributed by atoms with van der Waals surface area (Å²) in [6.07, 6.45) is 0. The molecule has 0 aliphatic carbocycles. The third-order valence-corrected chi connectivity index (χ3v) is 7.39. The number of fused-ring (bicyclic) bond motifs is 3. The summed E-state index contributed by atoms with van der Waals surface area (Å²) in [6.45, 7) is 0. The molecule has 1 N–H and O–H groups in total. The summed E-state index contributed by atoms with van der Waals surface area (Å²) in [4.78, 5) is 2.29. The van der Waals surface area contributed by atoms with Crippen LogP contribution < -0.4 is 9.55 Å². The van der Waals surface area contributed by atoms with E-state index in [1.165, 1.54) is 31.3 Å². The van der Waals surface area contributed by atoms with Crippen LogP contribution in [0.25, 0.3) is 31.3 Å². The van der Waals surface area contributed by atoms with E-state index in [9.17, 15) is 0 Å². The summed E-state index contributed by atoms with van der Waals surface area (Å²) in [5, 5.41) is 11.7. The normalized spacial score (nSPS) is 11.0. The Morgan fingerprint density at radius 1 is 0.600 bits per heavy atom. The second-order valence-electron chi connectivity index (χ2n) is 8.27. The van der Waals surface area contributed by atoms with Crippen LogP contribution in [0.2, 0.25) is 0 Å². The van der Waals surface area contributed by atoms with Crippen molar-refractivity contribution in [2.75, 3.05) is 4.90 Å². The van der Waals surface area contributed by atoms with Crippen molar-refractivity contribution in [3.8, 4) is 16.9 Å². The number of benzene rings is 5. The molecule has 3 nitrogen and oxygen atoms in total. The van der Waals surface area contributed by atoms with Gasteiger partial charge in [-0.1, -0.05) is 72.8 Å². The molecule has 5 aromatic carbocycles. The summed E-state index contributed by atoms with van der Waals surface area (Å²) in [6, 6.07) is 42.0. The zero-order chi connectivity index (χ0) is 23.6. The van der Waals surface area contributed by atoms with Gasteiger partial charge in [-0.2, -0.15) is 0 Å². The third kappa shape index (κ3) is 4.05. The summed E-state index contributed by atoms with van der Waals surface area (Å²) >= 11 is 1.82. The molecule has 0 unspecified atom stereocenters. The molecule has 0 aliphatic heterocycles. The topological polar surface area (TPSA) is 32.7 Å². The van der Waals surface area contributed by atoms with E-state index in [1.807, 2.05) is 41.7 Å². The number of hydrogen-bond donors (Lipinski definition) is 1. The third-order valence-electron chi connectivity index (χ3n) is 6.18. The summed E-state index contributed by atoms with van der Waals surface area (Å²) < 4.78 is 7.79. The Morgan fingerprint density at radius 2 is 1.23 bits per heavy atom. The maximum Gasteiger partial charge on any atom is 0.504 e. The van der Waals surface area contributed by atoms with Crippen LogP contribution in [-0.4, -0.2) is 12.7 Å². The van der Waals surface area contributed by atoms with E-state index >= 15 is 0 Å². The van der Waals surface area contributed by atoms with Gasteiger partial charge in [-0.25, -0.2) is 0 Å². The molecule has 6 rings (SSSR count). The molecule has 6 aromatic rings. The van der Waals surface area contributed by atoms with Crippen LogP contribution in [0.5, 0.6) is 5.75 Å². The zero-order valence-corrected chi connectivity index (χ0v) is 19.8. The minimum atomic E-state index is -0.342. The molecule has 0 saturated heterocycles. The van der Waals surface area contributed by atoms with Crippen LogP contribution in [0.15, 0.2) is 121 Å². The lowest BCUT2D eigenvalue weighted by Gasteiger charge is -2.26. The maximum atomic E-state index is 9.13. The van der Waals surface area contributed by atoms with Gasteiger partial charge in [0.2, 0.25) is 0 Å². The highest BCUT2D eigenvalue weighted by Gasteiger charge is 2.18. The Morgan fingerprint density at radius 3 is 1.97 bits per heavy atom. The lowest BCUT2D eigenvalue weighted by Crippen LogP contribution is -2.10. The van der Waals surface area contributed by atoms with E-state index in [1.54, 1.807) is 0 Å². The molecule has 0 aliphatic rings. The highest BCUT2D eigenvalue weighted by molar-refractivity contribution is 7.26. The van der Waals surface area contributed by atoms with Crippen molar-refractivity contribution in [1.82, 2.24) is 0 Å². The Kier molecular flexibility index (Phi) is 5.71. The van der Waals surface area contributed by atoms with Crippen molar-refractivity contribution >= 4 is 56.3 Å². The Hall–Kier alpha value is -4.06. The van der Waals surface area contributed by atoms with Gasteiger partial charge >= 0.3 is 7.69 Å². The first-order chi connectivity index (χ1) is 17.3. The van der Waals surface area contributed by atoms with Gasteiger partial charge in [0.25, 0.3) is 0 Å². The SMILES string of the molecule is OBOc1ccc(N(c2ccc(-c3ccccc3)cc2)c2cccc3c2sc2ccccc23)cc1. The van der Waals surface area contributed by atoms with Crippen LogP contribution in [0.4, 0.5) is 17.1 Å². The molecule has 1 aromatic heterocycles. The van der Waals surface area contributed by atoms with Crippen LogP contribution in [0.1, 0.15) is 0 Å². The molecular weight excluding hydrogens is 449 g/mol. The van der Waals surface area contributed by atoms with Crippen molar-refractivity contribution in [2.45, 2.75) is 0 Å². The molecule has 0 spiro atoms. The number of nitrogens with zero attached hydrogens (tertiary/aromatic N) is 1. The molecule has 0 atom stereocenters. The van der Waals surface area contributed by atoms with Crippen molar-refractivity contribution in [3.63, 3.8) is 0 Å². The van der Waals surface area contributed by atoms with Crippen molar-refractivity contribution in [1.29, 1.82) is 0 Å². The molecule has 1 heterocycles. The monoisotopic (exact) mass is 471 g/mol. The first-order valence-electron chi connectivity index (χ1n) is 11.5. The highest BCUT2D eigenvalue weighted by atomic mass is 32.1. The van der Waals surface area contributed by atoms with E-state index in [0.717, 1.165) is 17.1 Å². The predicted molar refractivity (Wildman–Crippen MR) is 149 cm³/mol. The first kappa shape index (κ1) is 21.5. The van der Waals surface area contributed by atoms with E-state index in [4.69, 9.17) is 9.68 Å². The molecule has 168 valence electrons. The minimum Gasteiger partial charge on any atom is -0.539 e. The minimum absolute atomic E-state index is 0.342. The largest absolute Gasteiger partial charge is 0.539 e. The van der Waals surface area contributed by atoms with Crippen LogP contribution in [0.3, 0.4) is 0 Å². The average molecular weight is 471 g/mol. The van der Waals surface area contributed by atoms with Crippen LogP contribution in [0, 0.1) is 0 Å². The van der Waals surface area contributed by atoms with Crippen LogP contribution >= 0.6 is 11.3 Å². The fourth-order valence-electron chi connectivity index (χ4n) is 4.54. The number of rotatable bonds is 6. The Balaban J connectivity index is 1.52. The fourth-order valence-corrected chi connectivity index (χ4v) is 5.74. The van der Waals surface area contributed by atoms with Gasteiger partial charge in [-0.05, 0) is 59.7 Å². The Bertz CT molecular complexity index is 1600. The van der Waals surface area contributed by atoms with Gasteiger partial charge in [0.15, 0.2) is 0 Å². The molecule has 0 saturated carbocycles. The number of hydrogen-bond acceptors (Lipinski definition) is 4. The summed E-state index contributed by atoms with van der Waals surface area (Å²) in [7, 11) is -0.342. The molecular formula is C30H22BNO2S. The van der Waals surface area contributed by atoms with Gasteiger partial charge in [0.1, 0.15) is 5.75 Å². The number of anilines is 3. The fraction of sp³-hybridized carbons (Fsp3) is 0. The van der Waals surface area contributed by atoms with Crippen molar-refractivity contribution in [3.05, 3.63) is 121 Å². The summed E-state index contributed by atoms with van der Waals surface area (Å²) in [5.74, 6) is 0.635. The van der Waals surface area contributed by atoms with Gasteiger partial charge < -0.3 is 14.6 Å². The predicted octanol–water partition coefficient (Wildman–Crippen LogP) is 7.83. The quantitative estimate of drug-likeness (QED) is 0.251. The molecule has 5 heteroatoms. The van der Waals surface area contributed by atoms with E-state index in [-0.39, 0.29) is 7.69 Å². The lowest BCUT2D eigenvalue weighted by atomic mass is 10.0. The maximum absolute atomic E-state index is 9.13. The van der Waals surface area contributed by atoms with Gasteiger partial charge in [-0.15, -0.1) is 11.3 Å². The average Bonchev–Trinajstić information content (AvgIpc) is 3.31. The molecule has 0 fully saturated rings. The molecule has 0 radical (unpaired) electrons. The Labute approximate surface area is 208 Å². The standard InChI is InChI=1S/C30H22BNO2S/c33-31-34-25-19-17-24(18-20-25)32(23-15-13-22(14-16-23)21-7-2-1-3-8-21)28-11-6-10-27-26-9-4-5-12-29(26)35-30(27)28/h1-20,31,33H. The first-order valence-corrected chi connectivity index (χ1v) is 12.3. The molecule has 35 heavy (non-hydrogen) atoms. The second kappa shape index (κ2) is 9.30.